The van der Waals surface area contributed by atoms with Crippen LogP contribution in [0.4, 0.5) is 5.69 Å². The molecular formula is C26H31N5O3. The zero-order chi connectivity index (χ0) is 24.3. The molecule has 5 rings (SSSR count). The lowest BCUT2D eigenvalue weighted by Crippen LogP contribution is -2.19. The lowest BCUT2D eigenvalue weighted by Gasteiger charge is -2.14. The number of fused-ring (bicyclic) bond motifs is 1. The molecule has 8 nitrogen and oxygen atoms in total. The summed E-state index contributed by atoms with van der Waals surface area (Å²) in [5.41, 5.74) is 5.42. The third-order valence-electron chi connectivity index (χ3n) is 5.90. The number of anilines is 1. The van der Waals surface area contributed by atoms with E-state index in [-0.39, 0.29) is 0 Å². The molecule has 1 fully saturated rings. The van der Waals surface area contributed by atoms with Crippen LogP contribution in [-0.2, 0) is 11.2 Å². The number of aliphatic hydroxyl groups is 1. The van der Waals surface area contributed by atoms with Crippen molar-refractivity contribution in [2.45, 2.75) is 64.9 Å². The molecule has 0 aliphatic heterocycles. The van der Waals surface area contributed by atoms with E-state index in [2.05, 4.69) is 50.1 Å². The number of aryl methyl sites for hydroxylation is 3. The van der Waals surface area contributed by atoms with Gasteiger partial charge in [0, 0.05) is 35.8 Å². The Morgan fingerprint density at radius 3 is 2.74 bits per heavy atom. The van der Waals surface area contributed by atoms with E-state index in [0.717, 1.165) is 22.7 Å². The lowest BCUT2D eigenvalue weighted by atomic mass is 10.0. The van der Waals surface area contributed by atoms with Crippen molar-refractivity contribution in [3.8, 4) is 11.4 Å². The number of imidazole rings is 1. The summed E-state index contributed by atoms with van der Waals surface area (Å²) in [4.78, 5) is 19.2. The number of hydrogen-bond acceptors (Lipinski definition) is 6. The van der Waals surface area contributed by atoms with Crippen LogP contribution in [0.5, 0.6) is 0 Å². The fourth-order valence-electron chi connectivity index (χ4n) is 3.66. The van der Waals surface area contributed by atoms with Crippen LogP contribution in [-0.4, -0.2) is 36.6 Å². The molecular weight excluding hydrogens is 430 g/mol. The van der Waals surface area contributed by atoms with Crippen LogP contribution in [0, 0.1) is 13.8 Å². The molecule has 1 saturated carbocycles. The maximum absolute atomic E-state index is 10.6. The van der Waals surface area contributed by atoms with Crippen LogP contribution >= 0.6 is 0 Å². The van der Waals surface area contributed by atoms with Gasteiger partial charge in [0.15, 0.2) is 0 Å². The molecule has 1 aromatic carbocycles. The van der Waals surface area contributed by atoms with E-state index in [1.807, 2.05) is 25.3 Å². The summed E-state index contributed by atoms with van der Waals surface area (Å²) in [6.07, 6.45) is 8.46. The smallest absolute Gasteiger partial charge is 0.227 e. The van der Waals surface area contributed by atoms with E-state index in [9.17, 15) is 9.90 Å². The van der Waals surface area contributed by atoms with Gasteiger partial charge >= 0.3 is 0 Å². The van der Waals surface area contributed by atoms with E-state index in [1.54, 1.807) is 19.9 Å². The molecule has 1 aliphatic rings. The van der Waals surface area contributed by atoms with Crippen molar-refractivity contribution in [3.05, 3.63) is 65.4 Å². The highest BCUT2D eigenvalue weighted by Gasteiger charge is 2.23. The Bertz CT molecular complexity index is 1280. The largest absolute Gasteiger partial charge is 0.390 e. The lowest BCUT2D eigenvalue weighted by molar-refractivity contribution is -0.105. The van der Waals surface area contributed by atoms with Crippen LogP contribution in [0.25, 0.3) is 17.0 Å². The third-order valence-corrected chi connectivity index (χ3v) is 5.90. The minimum absolute atomic E-state index is 0.467. The van der Waals surface area contributed by atoms with Gasteiger partial charge in [0.25, 0.3) is 0 Å². The van der Waals surface area contributed by atoms with Gasteiger partial charge in [-0.1, -0.05) is 17.3 Å². The van der Waals surface area contributed by atoms with Crippen LogP contribution < -0.4 is 5.32 Å². The van der Waals surface area contributed by atoms with Gasteiger partial charge in [-0.15, -0.1) is 0 Å². The number of nitrogens with one attached hydrogen (secondary N) is 1. The first-order valence-corrected chi connectivity index (χ1v) is 11.5. The van der Waals surface area contributed by atoms with Crippen LogP contribution in [0.3, 0.4) is 0 Å². The van der Waals surface area contributed by atoms with Gasteiger partial charge in [-0.3, -0.25) is 4.79 Å². The van der Waals surface area contributed by atoms with E-state index in [4.69, 9.17) is 4.52 Å². The highest BCUT2D eigenvalue weighted by atomic mass is 16.5. The summed E-state index contributed by atoms with van der Waals surface area (Å²) in [5, 5.41) is 16.3. The second kappa shape index (κ2) is 9.77. The van der Waals surface area contributed by atoms with Crippen LogP contribution in [0.1, 0.15) is 61.7 Å². The molecule has 0 radical (unpaired) electrons. The molecule has 0 bridgehead atoms. The number of pyridine rings is 1. The Hall–Kier alpha value is -3.52. The predicted octanol–water partition coefficient (Wildman–Crippen LogP) is 4.84. The number of aromatic nitrogens is 4. The minimum Gasteiger partial charge on any atom is -0.390 e. The van der Waals surface area contributed by atoms with Crippen LogP contribution in [0.2, 0.25) is 0 Å². The van der Waals surface area contributed by atoms with Gasteiger partial charge < -0.3 is 19.3 Å². The minimum atomic E-state index is -0.764. The molecule has 2 N–H and O–H groups in total. The Morgan fingerprint density at radius 1 is 1.24 bits per heavy atom. The fraction of sp³-hybridized carbons (Fsp3) is 0.385. The number of amides is 1. The third kappa shape index (κ3) is 5.88. The van der Waals surface area contributed by atoms with Crippen molar-refractivity contribution in [2.75, 3.05) is 5.32 Å². The number of carbonyl (C=O) groups excluding carboxylic acids is 1. The summed E-state index contributed by atoms with van der Waals surface area (Å²) >= 11 is 0. The van der Waals surface area contributed by atoms with Gasteiger partial charge in [-0.2, -0.15) is 4.98 Å². The van der Waals surface area contributed by atoms with Crippen molar-refractivity contribution in [1.82, 2.24) is 19.5 Å². The molecule has 1 aliphatic carbocycles. The molecule has 178 valence electrons. The molecule has 3 heterocycles. The zero-order valence-corrected chi connectivity index (χ0v) is 20.1. The van der Waals surface area contributed by atoms with E-state index in [1.165, 1.54) is 24.1 Å². The molecule has 0 atom stereocenters. The highest BCUT2D eigenvalue weighted by Crippen LogP contribution is 2.40. The normalized spacial score (nSPS) is 13.4. The van der Waals surface area contributed by atoms with Gasteiger partial charge in [-0.05, 0) is 82.2 Å². The Kier molecular flexibility index (Phi) is 6.79. The van der Waals surface area contributed by atoms with Crippen LogP contribution in [0.15, 0.2) is 47.2 Å². The molecule has 0 unspecified atom stereocenters. The average Bonchev–Trinajstić information content (AvgIpc) is 3.44. The summed E-state index contributed by atoms with van der Waals surface area (Å²) in [7, 11) is 0. The van der Waals surface area contributed by atoms with E-state index >= 15 is 0 Å². The second-order valence-electron chi connectivity index (χ2n) is 9.48. The molecule has 0 saturated heterocycles. The summed E-state index contributed by atoms with van der Waals surface area (Å²) in [6, 6.07) is 9.99. The Labute approximate surface area is 199 Å². The predicted molar refractivity (Wildman–Crippen MR) is 131 cm³/mol. The zero-order valence-electron chi connectivity index (χ0n) is 20.1. The van der Waals surface area contributed by atoms with Crippen molar-refractivity contribution >= 4 is 17.7 Å². The fourth-order valence-corrected chi connectivity index (χ4v) is 3.66. The van der Waals surface area contributed by atoms with E-state index < -0.39 is 5.60 Å². The SMILES string of the molecule is Cc1ccc(-c2noc(CCC(C)(C)O)n2)cc1NC=O.Cc1cnc2cc(C3CC3)ccn12. The molecule has 1 amide bonds. The van der Waals surface area contributed by atoms with Crippen molar-refractivity contribution in [1.29, 1.82) is 0 Å². The maximum atomic E-state index is 10.6. The monoisotopic (exact) mass is 461 g/mol. The maximum Gasteiger partial charge on any atom is 0.227 e. The van der Waals surface area contributed by atoms with Gasteiger partial charge in [0.2, 0.25) is 18.1 Å². The van der Waals surface area contributed by atoms with Crippen molar-refractivity contribution < 1.29 is 14.4 Å². The molecule has 4 aromatic rings. The molecule has 3 aromatic heterocycles. The molecule has 0 spiro atoms. The first-order chi connectivity index (χ1) is 16.2. The summed E-state index contributed by atoms with van der Waals surface area (Å²) in [5.74, 6) is 1.77. The standard InChI is InChI=1S/C15H19N3O3.C11H12N2/c1-10-4-5-11(8-12(10)16-9-19)14-17-13(21-18-14)6-7-15(2,3)20;1-8-7-12-11-6-10(9-2-3-9)4-5-13(8)11/h4-5,8-9,20H,6-7H2,1-3H3,(H,16,19);4-7,9H,2-3H2,1H3. The summed E-state index contributed by atoms with van der Waals surface area (Å²) in [6.45, 7) is 7.46. The first kappa shape index (κ1) is 23.6. The highest BCUT2D eigenvalue weighted by molar-refractivity contribution is 5.76. The molecule has 8 heteroatoms. The summed E-state index contributed by atoms with van der Waals surface area (Å²) < 4.78 is 7.31. The number of rotatable bonds is 7. The number of nitrogens with zero attached hydrogens (tertiary/aromatic N) is 4. The van der Waals surface area contributed by atoms with Crippen molar-refractivity contribution in [2.24, 2.45) is 0 Å². The van der Waals surface area contributed by atoms with Gasteiger partial charge in [0.1, 0.15) is 5.65 Å². The number of carbonyl (C=O) groups is 1. The quantitative estimate of drug-likeness (QED) is 0.382. The Morgan fingerprint density at radius 2 is 2.03 bits per heavy atom. The second-order valence-corrected chi connectivity index (χ2v) is 9.48. The van der Waals surface area contributed by atoms with Gasteiger partial charge in [-0.25, -0.2) is 4.98 Å². The number of benzene rings is 1. The van der Waals surface area contributed by atoms with Crippen molar-refractivity contribution in [3.63, 3.8) is 0 Å². The molecule has 34 heavy (non-hydrogen) atoms. The number of hydrogen-bond donors (Lipinski definition) is 2. The first-order valence-electron chi connectivity index (χ1n) is 11.5. The Balaban J connectivity index is 0.000000178. The van der Waals surface area contributed by atoms with Gasteiger partial charge in [0.05, 0.1) is 5.60 Å². The average molecular weight is 462 g/mol. The topological polar surface area (TPSA) is 106 Å². The van der Waals surface area contributed by atoms with E-state index in [0.29, 0.717) is 36.7 Å².